The quantitative estimate of drug-likeness (QED) is 0.593. The monoisotopic (exact) mass is 253 g/mol. The van der Waals surface area contributed by atoms with Crippen LogP contribution in [-0.4, -0.2) is 47.7 Å². The molecule has 18 heavy (non-hydrogen) atoms. The van der Waals surface area contributed by atoms with Gasteiger partial charge in [-0.1, -0.05) is 13.8 Å². The zero-order chi connectivity index (χ0) is 13.2. The van der Waals surface area contributed by atoms with Gasteiger partial charge in [0, 0.05) is 19.6 Å². The summed E-state index contributed by atoms with van der Waals surface area (Å²) in [4.78, 5) is 6.96. The van der Waals surface area contributed by atoms with Gasteiger partial charge in [-0.3, -0.25) is 4.99 Å². The third-order valence-electron chi connectivity index (χ3n) is 4.12. The number of hydrogen-bond donors (Lipinski definition) is 2. The molecule has 0 aromatic rings. The van der Waals surface area contributed by atoms with E-state index in [-0.39, 0.29) is 0 Å². The summed E-state index contributed by atoms with van der Waals surface area (Å²) < 4.78 is 0. The van der Waals surface area contributed by atoms with Crippen molar-refractivity contribution in [3.05, 3.63) is 0 Å². The van der Waals surface area contributed by atoms with Gasteiger partial charge in [0.15, 0.2) is 5.96 Å². The molecular formula is C14H27N3O. The first-order valence-electron chi connectivity index (χ1n) is 7.20. The molecule has 0 spiro atoms. The molecule has 2 rings (SSSR count). The summed E-state index contributed by atoms with van der Waals surface area (Å²) in [6.45, 7) is 10.2. The Kier molecular flexibility index (Phi) is 3.85. The smallest absolute Gasteiger partial charge is 0.194 e. The second kappa shape index (κ2) is 5.08. The van der Waals surface area contributed by atoms with Crippen LogP contribution in [0.1, 0.15) is 46.5 Å². The van der Waals surface area contributed by atoms with Crippen LogP contribution in [-0.2, 0) is 0 Å². The lowest BCUT2D eigenvalue weighted by Gasteiger charge is -2.35. The van der Waals surface area contributed by atoms with Crippen LogP contribution in [0, 0.1) is 5.41 Å². The second-order valence-electron chi connectivity index (χ2n) is 6.58. The van der Waals surface area contributed by atoms with E-state index in [2.05, 4.69) is 36.0 Å². The summed E-state index contributed by atoms with van der Waals surface area (Å²) >= 11 is 0. The van der Waals surface area contributed by atoms with Gasteiger partial charge in [0.05, 0.1) is 12.1 Å². The third kappa shape index (κ3) is 3.16. The van der Waals surface area contributed by atoms with Crippen molar-refractivity contribution < 1.29 is 5.11 Å². The molecule has 0 aromatic carbocycles. The molecule has 104 valence electrons. The first kappa shape index (κ1) is 13.7. The molecule has 0 amide bonds. The molecule has 1 aliphatic heterocycles. The molecule has 1 saturated carbocycles. The number of hydrogen-bond acceptors (Lipinski definition) is 2. The van der Waals surface area contributed by atoms with E-state index in [9.17, 15) is 5.11 Å². The van der Waals surface area contributed by atoms with E-state index < -0.39 is 5.60 Å². The Morgan fingerprint density at radius 2 is 2.06 bits per heavy atom. The predicted molar refractivity (Wildman–Crippen MR) is 74.8 cm³/mol. The minimum absolute atomic E-state index is 0.379. The van der Waals surface area contributed by atoms with E-state index >= 15 is 0 Å². The summed E-state index contributed by atoms with van der Waals surface area (Å²) in [7, 11) is 0. The van der Waals surface area contributed by atoms with Crippen LogP contribution < -0.4 is 5.32 Å². The summed E-state index contributed by atoms with van der Waals surface area (Å²) in [5.74, 6) is 0.975. The largest absolute Gasteiger partial charge is 0.388 e. The number of aliphatic imine (C=N–C) groups is 1. The Morgan fingerprint density at radius 3 is 2.50 bits per heavy atom. The van der Waals surface area contributed by atoms with Crippen molar-refractivity contribution in [2.45, 2.75) is 52.1 Å². The highest BCUT2D eigenvalue weighted by atomic mass is 16.3. The number of nitrogens with zero attached hydrogens (tertiary/aromatic N) is 2. The molecule has 1 saturated heterocycles. The molecular weight excluding hydrogens is 226 g/mol. The van der Waals surface area contributed by atoms with Gasteiger partial charge >= 0.3 is 0 Å². The minimum atomic E-state index is -0.518. The van der Waals surface area contributed by atoms with Gasteiger partial charge < -0.3 is 15.3 Å². The predicted octanol–water partition coefficient (Wildman–Crippen LogP) is 1.60. The number of guanidine groups is 1. The lowest BCUT2D eigenvalue weighted by atomic mass is 9.80. The van der Waals surface area contributed by atoms with E-state index in [0.29, 0.717) is 12.0 Å². The van der Waals surface area contributed by atoms with Crippen LogP contribution >= 0.6 is 0 Å². The molecule has 2 fully saturated rings. The van der Waals surface area contributed by atoms with E-state index in [4.69, 9.17) is 0 Å². The van der Waals surface area contributed by atoms with E-state index in [0.717, 1.165) is 44.9 Å². The van der Waals surface area contributed by atoms with Crippen molar-refractivity contribution in [2.24, 2.45) is 10.4 Å². The lowest BCUT2D eigenvalue weighted by Crippen LogP contribution is -2.44. The number of likely N-dealkylation sites (tertiary alicyclic amines) is 1. The minimum Gasteiger partial charge on any atom is -0.388 e. The van der Waals surface area contributed by atoms with Crippen molar-refractivity contribution >= 4 is 5.96 Å². The van der Waals surface area contributed by atoms with Gasteiger partial charge in [0.1, 0.15) is 0 Å². The topological polar surface area (TPSA) is 47.9 Å². The molecule has 2 N–H and O–H groups in total. The molecule has 0 atom stereocenters. The fourth-order valence-electron chi connectivity index (χ4n) is 2.68. The van der Waals surface area contributed by atoms with E-state index in [1.54, 1.807) is 0 Å². The first-order chi connectivity index (χ1) is 8.44. The van der Waals surface area contributed by atoms with Crippen LogP contribution in [0.3, 0.4) is 0 Å². The summed E-state index contributed by atoms with van der Waals surface area (Å²) in [5, 5.41) is 13.5. The standard InChI is InChI=1S/C14H27N3O/c1-4-15-12(16-10-14(18)6-5-7-14)17-9-8-13(2,3)11-17/h18H,4-11H2,1-3H3,(H,15,16). The Labute approximate surface area is 110 Å². The van der Waals surface area contributed by atoms with E-state index in [1.807, 2.05) is 0 Å². The fraction of sp³-hybridized carbons (Fsp3) is 0.929. The van der Waals surface area contributed by atoms with Crippen molar-refractivity contribution in [3.63, 3.8) is 0 Å². The lowest BCUT2D eigenvalue weighted by molar-refractivity contribution is -0.0237. The van der Waals surface area contributed by atoms with Crippen LogP contribution in [0.2, 0.25) is 0 Å². The number of rotatable bonds is 3. The van der Waals surface area contributed by atoms with Gasteiger partial charge in [-0.2, -0.15) is 0 Å². The maximum atomic E-state index is 10.1. The Morgan fingerprint density at radius 1 is 1.33 bits per heavy atom. The number of nitrogens with one attached hydrogen (secondary N) is 1. The van der Waals surface area contributed by atoms with Gasteiger partial charge in [-0.15, -0.1) is 0 Å². The Balaban J connectivity index is 1.97. The first-order valence-corrected chi connectivity index (χ1v) is 7.20. The summed E-state index contributed by atoms with van der Waals surface area (Å²) in [5.41, 5.74) is -0.139. The van der Waals surface area contributed by atoms with Crippen LogP contribution in [0.5, 0.6) is 0 Å². The zero-order valence-electron chi connectivity index (χ0n) is 12.0. The van der Waals surface area contributed by atoms with Gasteiger partial charge in [-0.25, -0.2) is 0 Å². The van der Waals surface area contributed by atoms with Crippen molar-refractivity contribution in [2.75, 3.05) is 26.2 Å². The van der Waals surface area contributed by atoms with E-state index in [1.165, 1.54) is 6.42 Å². The Hall–Kier alpha value is -0.770. The molecule has 0 bridgehead atoms. The zero-order valence-corrected chi connectivity index (χ0v) is 12.0. The van der Waals surface area contributed by atoms with Gasteiger partial charge in [-0.05, 0) is 38.0 Å². The second-order valence-corrected chi connectivity index (χ2v) is 6.58. The van der Waals surface area contributed by atoms with Crippen LogP contribution in [0.15, 0.2) is 4.99 Å². The molecule has 4 heteroatoms. The van der Waals surface area contributed by atoms with Crippen molar-refractivity contribution in [1.29, 1.82) is 0 Å². The van der Waals surface area contributed by atoms with Crippen LogP contribution in [0.25, 0.3) is 0 Å². The van der Waals surface area contributed by atoms with Crippen molar-refractivity contribution in [1.82, 2.24) is 10.2 Å². The molecule has 2 aliphatic rings. The highest BCUT2D eigenvalue weighted by Crippen LogP contribution is 2.32. The molecule has 1 aliphatic carbocycles. The third-order valence-corrected chi connectivity index (χ3v) is 4.12. The average Bonchev–Trinajstić information content (AvgIpc) is 2.62. The maximum absolute atomic E-state index is 10.1. The molecule has 1 heterocycles. The molecule has 0 aromatic heterocycles. The summed E-state index contributed by atoms with van der Waals surface area (Å²) in [6.07, 6.45) is 4.16. The highest BCUT2D eigenvalue weighted by molar-refractivity contribution is 5.80. The van der Waals surface area contributed by atoms with Gasteiger partial charge in [0.2, 0.25) is 0 Å². The highest BCUT2D eigenvalue weighted by Gasteiger charge is 2.35. The fourth-order valence-corrected chi connectivity index (χ4v) is 2.68. The maximum Gasteiger partial charge on any atom is 0.194 e. The normalized spacial score (nSPS) is 26.0. The Bertz CT molecular complexity index is 321. The van der Waals surface area contributed by atoms with Gasteiger partial charge in [0.25, 0.3) is 0 Å². The average molecular weight is 253 g/mol. The van der Waals surface area contributed by atoms with Crippen LogP contribution in [0.4, 0.5) is 0 Å². The molecule has 0 radical (unpaired) electrons. The van der Waals surface area contributed by atoms with Crippen molar-refractivity contribution in [3.8, 4) is 0 Å². The SMILES string of the molecule is CCNC(=NCC1(O)CCC1)N1CCC(C)(C)C1. The number of aliphatic hydroxyl groups is 1. The summed E-state index contributed by atoms with van der Waals surface area (Å²) in [6, 6.07) is 0. The molecule has 4 nitrogen and oxygen atoms in total. The molecule has 0 unspecified atom stereocenters.